The molecule has 4 atom stereocenters. The molecule has 1 unspecified atom stereocenters. The summed E-state index contributed by atoms with van der Waals surface area (Å²) in [5.74, 6) is -8.18. The zero-order valence-electron chi connectivity index (χ0n) is 23.7. The first kappa shape index (κ1) is 35.4. The van der Waals surface area contributed by atoms with E-state index in [1.165, 1.54) is 0 Å². The fourth-order valence-corrected chi connectivity index (χ4v) is 4.95. The van der Waals surface area contributed by atoms with E-state index < -0.39 is 93.8 Å². The molecule has 0 bridgehead atoms. The highest BCUT2D eigenvalue weighted by atomic mass is 32.2. The van der Waals surface area contributed by atoms with Crippen LogP contribution in [-0.4, -0.2) is 85.5 Å². The van der Waals surface area contributed by atoms with Crippen LogP contribution in [0.4, 0.5) is 0 Å². The number of benzene rings is 1. The predicted molar refractivity (Wildman–Crippen MR) is 150 cm³/mol. The van der Waals surface area contributed by atoms with E-state index in [4.69, 9.17) is 5.73 Å². The van der Waals surface area contributed by atoms with Crippen LogP contribution >= 0.6 is 0 Å². The molecule has 0 saturated carbocycles. The third-order valence-electron chi connectivity index (χ3n) is 6.15. The Bertz CT molecular complexity index is 1200. The highest BCUT2D eigenvalue weighted by Gasteiger charge is 2.37. The number of ketones is 2. The van der Waals surface area contributed by atoms with Crippen LogP contribution in [0.5, 0.6) is 0 Å². The number of amides is 3. The summed E-state index contributed by atoms with van der Waals surface area (Å²) < 4.78 is 23.6. The van der Waals surface area contributed by atoms with Gasteiger partial charge in [-0.05, 0) is 24.3 Å². The van der Waals surface area contributed by atoms with E-state index in [1.807, 2.05) is 30.3 Å². The van der Waals surface area contributed by atoms with Gasteiger partial charge in [0.15, 0.2) is 11.6 Å². The molecular weight excluding hydrogens is 556 g/mol. The lowest BCUT2D eigenvalue weighted by Crippen LogP contribution is -2.57. The van der Waals surface area contributed by atoms with Gasteiger partial charge in [-0.25, -0.2) is 8.42 Å². The summed E-state index contributed by atoms with van der Waals surface area (Å²) in [5.41, 5.74) is 6.65. The number of sulfone groups is 1. The molecule has 1 rings (SSSR count). The fourth-order valence-electron chi connectivity index (χ4n) is 4.09. The smallest absolute Gasteiger partial charge is 0.305 e. The van der Waals surface area contributed by atoms with E-state index in [0.717, 1.165) is 18.7 Å². The number of Topliss-reactive ketones (excluding diaryl/α,β-unsaturated/α-hetero) is 2. The van der Waals surface area contributed by atoms with Gasteiger partial charge >= 0.3 is 5.97 Å². The summed E-state index contributed by atoms with van der Waals surface area (Å²) in [6.45, 7) is 3.71. The number of hydrogen-bond donors (Lipinski definition) is 5. The number of carbonyl (C=O) groups excluding carboxylic acids is 5. The van der Waals surface area contributed by atoms with Crippen molar-refractivity contribution in [3.63, 3.8) is 0 Å². The number of carbonyl (C=O) groups is 6. The lowest BCUT2D eigenvalue weighted by molar-refractivity contribution is -0.141. The first-order valence-electron chi connectivity index (χ1n) is 13.1. The third kappa shape index (κ3) is 13.0. The number of aryl methyl sites for hydroxylation is 1. The molecule has 228 valence electrons. The van der Waals surface area contributed by atoms with Crippen molar-refractivity contribution in [3.8, 4) is 0 Å². The number of rotatable bonds is 18. The van der Waals surface area contributed by atoms with Gasteiger partial charge in [-0.15, -0.1) is 0 Å². The normalized spacial score (nSPS) is 14.3. The van der Waals surface area contributed by atoms with Gasteiger partial charge in [0.05, 0.1) is 18.2 Å². The molecule has 0 spiro atoms. The molecular formula is C27H40N4O9S. The van der Waals surface area contributed by atoms with Crippen LogP contribution in [-0.2, 0) is 45.0 Å². The summed E-state index contributed by atoms with van der Waals surface area (Å²) in [7, 11) is -3.74. The van der Waals surface area contributed by atoms with E-state index in [2.05, 4.69) is 16.0 Å². The SMILES string of the molecule is CC(=O)N[C@@H](CS(C)(=O)=O)C(=O)C(CN)C(=O)N[C@H](C(=O)N[C@@H](CC(=O)O)C(=O)CCCc1ccccc1)C(C)C. The molecule has 0 aliphatic rings. The number of aliphatic carboxylic acids is 1. The second-order valence-electron chi connectivity index (χ2n) is 10.2. The standard InChI is InChI=1S/C27H40N4O9S/c1-16(2)24(31-26(37)19(14-28)25(36)21(29-17(3)32)15-41(4,39)40)27(38)30-20(13-23(34)35)22(33)12-8-11-18-9-6-5-7-10-18/h5-7,9-10,16,19-21,24H,8,11-15,28H2,1-4H3,(H,29,32)(H,30,38)(H,31,37)(H,34,35)/t19?,20-,21-,24-/m0/s1. The van der Waals surface area contributed by atoms with Crippen LogP contribution in [0.15, 0.2) is 30.3 Å². The van der Waals surface area contributed by atoms with Gasteiger partial charge in [-0.3, -0.25) is 28.8 Å². The maximum absolute atomic E-state index is 13.1. The van der Waals surface area contributed by atoms with Crippen molar-refractivity contribution < 1.29 is 42.3 Å². The molecule has 0 aromatic heterocycles. The Balaban J connectivity index is 3.01. The number of nitrogens with two attached hydrogens (primary N) is 1. The Kier molecular flexibility index (Phi) is 14.3. The van der Waals surface area contributed by atoms with Gasteiger partial charge in [0.2, 0.25) is 17.7 Å². The minimum absolute atomic E-state index is 0.0143. The van der Waals surface area contributed by atoms with E-state index in [9.17, 15) is 42.3 Å². The van der Waals surface area contributed by atoms with Crippen molar-refractivity contribution in [3.05, 3.63) is 35.9 Å². The van der Waals surface area contributed by atoms with Crippen LogP contribution in [0.25, 0.3) is 0 Å². The molecule has 0 aliphatic heterocycles. The summed E-state index contributed by atoms with van der Waals surface area (Å²) in [5, 5.41) is 16.3. The minimum Gasteiger partial charge on any atom is -0.481 e. The van der Waals surface area contributed by atoms with Gasteiger partial charge in [0.1, 0.15) is 27.8 Å². The molecule has 1 aromatic carbocycles. The number of carboxylic acids is 1. The Hall–Kier alpha value is -3.65. The Morgan fingerprint density at radius 1 is 0.927 bits per heavy atom. The zero-order valence-corrected chi connectivity index (χ0v) is 24.5. The quantitative estimate of drug-likeness (QED) is 0.135. The average Bonchev–Trinajstić information content (AvgIpc) is 2.85. The van der Waals surface area contributed by atoms with E-state index >= 15 is 0 Å². The van der Waals surface area contributed by atoms with Crippen LogP contribution < -0.4 is 21.7 Å². The van der Waals surface area contributed by atoms with Crippen LogP contribution in [0, 0.1) is 11.8 Å². The summed E-state index contributed by atoms with van der Waals surface area (Å²) in [6, 6.07) is 5.21. The van der Waals surface area contributed by atoms with Crippen LogP contribution in [0.1, 0.15) is 45.6 Å². The second kappa shape index (κ2) is 16.6. The highest BCUT2D eigenvalue weighted by Crippen LogP contribution is 2.11. The molecule has 13 nitrogen and oxygen atoms in total. The molecule has 0 aliphatic carbocycles. The molecule has 14 heteroatoms. The van der Waals surface area contributed by atoms with Crippen LogP contribution in [0.3, 0.4) is 0 Å². The number of carboxylic acid groups (broad SMARTS) is 1. The maximum atomic E-state index is 13.1. The summed E-state index contributed by atoms with van der Waals surface area (Å²) in [6.07, 6.45) is 1.23. The summed E-state index contributed by atoms with van der Waals surface area (Å²) in [4.78, 5) is 75.0. The summed E-state index contributed by atoms with van der Waals surface area (Å²) >= 11 is 0. The van der Waals surface area contributed by atoms with Crippen molar-refractivity contribution in [2.24, 2.45) is 17.6 Å². The zero-order chi connectivity index (χ0) is 31.3. The highest BCUT2D eigenvalue weighted by molar-refractivity contribution is 7.90. The Labute approximate surface area is 239 Å². The first-order chi connectivity index (χ1) is 19.0. The van der Waals surface area contributed by atoms with Gasteiger partial charge in [0, 0.05) is 26.1 Å². The molecule has 0 fully saturated rings. The fraction of sp³-hybridized carbons (Fsp3) is 0.556. The maximum Gasteiger partial charge on any atom is 0.305 e. The second-order valence-corrected chi connectivity index (χ2v) is 12.4. The number of nitrogens with one attached hydrogen (secondary N) is 3. The third-order valence-corrected chi connectivity index (χ3v) is 7.09. The van der Waals surface area contributed by atoms with E-state index in [1.54, 1.807) is 13.8 Å². The van der Waals surface area contributed by atoms with E-state index in [-0.39, 0.29) is 6.42 Å². The Morgan fingerprint density at radius 2 is 1.54 bits per heavy atom. The van der Waals surface area contributed by atoms with Crippen molar-refractivity contribution in [1.82, 2.24) is 16.0 Å². The molecule has 0 saturated heterocycles. The molecule has 6 N–H and O–H groups in total. The van der Waals surface area contributed by atoms with Crippen LogP contribution in [0.2, 0.25) is 0 Å². The molecule has 0 heterocycles. The minimum atomic E-state index is -3.74. The predicted octanol–water partition coefficient (Wildman–Crippen LogP) is -0.628. The molecule has 1 aromatic rings. The van der Waals surface area contributed by atoms with Crippen molar-refractivity contribution in [2.45, 2.75) is 64.6 Å². The van der Waals surface area contributed by atoms with Gasteiger partial charge in [0.25, 0.3) is 0 Å². The van der Waals surface area contributed by atoms with Gasteiger partial charge in [-0.2, -0.15) is 0 Å². The topological polar surface area (TPSA) is 219 Å². The Morgan fingerprint density at radius 3 is 2.02 bits per heavy atom. The van der Waals surface area contributed by atoms with Gasteiger partial charge < -0.3 is 26.8 Å². The number of hydrogen-bond acceptors (Lipinski definition) is 9. The van der Waals surface area contributed by atoms with Gasteiger partial charge in [-0.1, -0.05) is 44.2 Å². The van der Waals surface area contributed by atoms with Crippen molar-refractivity contribution in [1.29, 1.82) is 0 Å². The van der Waals surface area contributed by atoms with Crippen molar-refractivity contribution >= 4 is 45.1 Å². The molecule has 41 heavy (non-hydrogen) atoms. The lowest BCUT2D eigenvalue weighted by atomic mass is 9.95. The first-order valence-corrected chi connectivity index (χ1v) is 15.2. The monoisotopic (exact) mass is 596 g/mol. The van der Waals surface area contributed by atoms with Crippen molar-refractivity contribution in [2.75, 3.05) is 18.6 Å². The largest absolute Gasteiger partial charge is 0.481 e. The molecule has 3 amide bonds. The average molecular weight is 597 g/mol. The molecule has 0 radical (unpaired) electrons. The lowest BCUT2D eigenvalue weighted by Gasteiger charge is -2.27. The van der Waals surface area contributed by atoms with E-state index in [0.29, 0.717) is 12.8 Å².